The Morgan fingerprint density at radius 3 is 2.81 bits per heavy atom. The molecule has 2 saturated heterocycles. The third-order valence-corrected chi connectivity index (χ3v) is 4.00. The summed E-state index contributed by atoms with van der Waals surface area (Å²) in [5.74, 6) is 0.914. The predicted molar refractivity (Wildman–Crippen MR) is 67.5 cm³/mol. The molecule has 2 nitrogen and oxygen atoms in total. The molecule has 0 amide bonds. The number of benzene rings is 1. The molecule has 0 radical (unpaired) electrons. The number of fused-ring (bicyclic) bond motifs is 1. The van der Waals surface area contributed by atoms with E-state index in [0.717, 1.165) is 18.6 Å². The van der Waals surface area contributed by atoms with E-state index in [1.54, 1.807) is 0 Å². The maximum Gasteiger partial charge on any atom is 0.0710 e. The van der Waals surface area contributed by atoms with Gasteiger partial charge in [0.2, 0.25) is 0 Å². The quantitative estimate of drug-likeness (QED) is 0.712. The van der Waals surface area contributed by atoms with Crippen LogP contribution in [0.3, 0.4) is 0 Å². The standard InChI is InChI=1S/C14H20N2/c1-12-7-8-15-11-16(10-14(15)9-12)13-5-3-2-4-6-13/h2-6,12,14H,7-11H2,1H3/t12-,14+/m0/s1. The summed E-state index contributed by atoms with van der Waals surface area (Å²) in [5.41, 5.74) is 1.38. The van der Waals surface area contributed by atoms with Gasteiger partial charge < -0.3 is 4.90 Å². The van der Waals surface area contributed by atoms with Crippen molar-refractivity contribution in [2.45, 2.75) is 25.8 Å². The first-order chi connectivity index (χ1) is 7.83. The number of nitrogens with zero attached hydrogens (tertiary/aromatic N) is 2. The average Bonchev–Trinajstić information content (AvgIpc) is 2.73. The molecular formula is C14H20N2. The Morgan fingerprint density at radius 1 is 1.19 bits per heavy atom. The molecule has 2 heteroatoms. The van der Waals surface area contributed by atoms with Crippen LogP contribution in [0.5, 0.6) is 0 Å². The molecule has 0 saturated carbocycles. The number of piperidine rings is 1. The molecule has 1 aromatic carbocycles. The lowest BCUT2D eigenvalue weighted by Gasteiger charge is -2.31. The highest BCUT2D eigenvalue weighted by Crippen LogP contribution is 2.29. The Morgan fingerprint density at radius 2 is 2.00 bits per heavy atom. The average molecular weight is 216 g/mol. The largest absolute Gasteiger partial charge is 0.357 e. The van der Waals surface area contributed by atoms with Gasteiger partial charge in [0.05, 0.1) is 6.67 Å². The van der Waals surface area contributed by atoms with Crippen LogP contribution >= 0.6 is 0 Å². The van der Waals surface area contributed by atoms with E-state index >= 15 is 0 Å². The van der Waals surface area contributed by atoms with E-state index in [9.17, 15) is 0 Å². The molecule has 0 unspecified atom stereocenters. The van der Waals surface area contributed by atoms with E-state index < -0.39 is 0 Å². The summed E-state index contributed by atoms with van der Waals surface area (Å²) >= 11 is 0. The van der Waals surface area contributed by atoms with Crippen molar-refractivity contribution < 1.29 is 0 Å². The SMILES string of the molecule is C[C@H]1CCN2CN(c3ccccc3)C[C@H]2C1. The van der Waals surface area contributed by atoms with E-state index in [2.05, 4.69) is 47.1 Å². The van der Waals surface area contributed by atoms with Crippen LogP contribution in [0.4, 0.5) is 5.69 Å². The van der Waals surface area contributed by atoms with Crippen molar-refractivity contribution in [3.63, 3.8) is 0 Å². The molecule has 2 fully saturated rings. The summed E-state index contributed by atoms with van der Waals surface area (Å²) in [6.07, 6.45) is 2.75. The van der Waals surface area contributed by atoms with Gasteiger partial charge in [-0.3, -0.25) is 4.90 Å². The molecule has 0 aliphatic carbocycles. The minimum atomic E-state index is 0.795. The third-order valence-electron chi connectivity index (χ3n) is 4.00. The van der Waals surface area contributed by atoms with Gasteiger partial charge in [0.1, 0.15) is 0 Å². The summed E-state index contributed by atoms with van der Waals surface area (Å²) in [7, 11) is 0. The van der Waals surface area contributed by atoms with Gasteiger partial charge in [-0.05, 0) is 30.9 Å². The first kappa shape index (κ1) is 10.2. The second-order valence-electron chi connectivity index (χ2n) is 5.30. The summed E-state index contributed by atoms with van der Waals surface area (Å²) in [6.45, 7) is 6.02. The van der Waals surface area contributed by atoms with Crippen LogP contribution in [0, 0.1) is 5.92 Å². The van der Waals surface area contributed by atoms with Gasteiger partial charge in [0, 0.05) is 24.8 Å². The van der Waals surface area contributed by atoms with Crippen LogP contribution in [-0.4, -0.2) is 30.7 Å². The normalized spacial score (nSPS) is 30.4. The second kappa shape index (κ2) is 4.10. The molecule has 0 N–H and O–H groups in total. The van der Waals surface area contributed by atoms with Crippen LogP contribution in [0.15, 0.2) is 30.3 Å². The molecule has 0 spiro atoms. The van der Waals surface area contributed by atoms with Crippen LogP contribution in [0.2, 0.25) is 0 Å². The molecule has 3 rings (SSSR count). The smallest absolute Gasteiger partial charge is 0.0710 e. The first-order valence-electron chi connectivity index (χ1n) is 6.37. The predicted octanol–water partition coefficient (Wildman–Crippen LogP) is 2.56. The molecule has 0 aromatic heterocycles. The van der Waals surface area contributed by atoms with Crippen LogP contribution < -0.4 is 4.90 Å². The lowest BCUT2D eigenvalue weighted by Crippen LogP contribution is -2.38. The fourth-order valence-corrected chi connectivity index (χ4v) is 3.03. The summed E-state index contributed by atoms with van der Waals surface area (Å²) < 4.78 is 0. The topological polar surface area (TPSA) is 6.48 Å². The molecule has 2 atom stereocenters. The van der Waals surface area contributed by atoms with Gasteiger partial charge in [-0.25, -0.2) is 0 Å². The van der Waals surface area contributed by atoms with E-state index in [4.69, 9.17) is 0 Å². The molecule has 86 valence electrons. The van der Waals surface area contributed by atoms with E-state index in [1.165, 1.54) is 31.6 Å². The number of hydrogen-bond acceptors (Lipinski definition) is 2. The lowest BCUT2D eigenvalue weighted by atomic mass is 9.94. The third kappa shape index (κ3) is 1.82. The van der Waals surface area contributed by atoms with Crippen molar-refractivity contribution in [3.8, 4) is 0 Å². The number of hydrogen-bond donors (Lipinski definition) is 0. The fourth-order valence-electron chi connectivity index (χ4n) is 3.03. The van der Waals surface area contributed by atoms with Gasteiger partial charge in [-0.1, -0.05) is 25.1 Å². The van der Waals surface area contributed by atoms with E-state index in [1.807, 2.05) is 0 Å². The Kier molecular flexibility index (Phi) is 2.60. The summed E-state index contributed by atoms with van der Waals surface area (Å²) in [4.78, 5) is 5.16. The summed E-state index contributed by atoms with van der Waals surface area (Å²) in [6, 6.07) is 11.6. The van der Waals surface area contributed by atoms with E-state index in [0.29, 0.717) is 0 Å². The van der Waals surface area contributed by atoms with Crippen LogP contribution in [0.1, 0.15) is 19.8 Å². The molecule has 2 heterocycles. The Balaban J connectivity index is 1.73. The van der Waals surface area contributed by atoms with Gasteiger partial charge in [-0.15, -0.1) is 0 Å². The number of rotatable bonds is 1. The minimum Gasteiger partial charge on any atom is -0.357 e. The van der Waals surface area contributed by atoms with Gasteiger partial charge in [0.15, 0.2) is 0 Å². The van der Waals surface area contributed by atoms with Crippen molar-refractivity contribution in [1.29, 1.82) is 0 Å². The fraction of sp³-hybridized carbons (Fsp3) is 0.571. The van der Waals surface area contributed by atoms with Crippen LogP contribution in [-0.2, 0) is 0 Å². The maximum atomic E-state index is 2.65. The molecule has 1 aromatic rings. The minimum absolute atomic E-state index is 0.795. The summed E-state index contributed by atoms with van der Waals surface area (Å²) in [5, 5.41) is 0. The molecule has 2 aliphatic rings. The van der Waals surface area contributed by atoms with Crippen LogP contribution in [0.25, 0.3) is 0 Å². The zero-order chi connectivity index (χ0) is 11.0. The Hall–Kier alpha value is -1.02. The van der Waals surface area contributed by atoms with Crippen molar-refractivity contribution in [1.82, 2.24) is 4.90 Å². The Bertz CT molecular complexity index is 349. The van der Waals surface area contributed by atoms with Crippen molar-refractivity contribution in [3.05, 3.63) is 30.3 Å². The molecule has 2 aliphatic heterocycles. The zero-order valence-electron chi connectivity index (χ0n) is 9.97. The van der Waals surface area contributed by atoms with Crippen molar-refractivity contribution >= 4 is 5.69 Å². The highest BCUT2D eigenvalue weighted by molar-refractivity contribution is 5.47. The van der Waals surface area contributed by atoms with E-state index in [-0.39, 0.29) is 0 Å². The highest BCUT2D eigenvalue weighted by Gasteiger charge is 2.34. The zero-order valence-corrected chi connectivity index (χ0v) is 9.97. The number of para-hydroxylation sites is 1. The van der Waals surface area contributed by atoms with Gasteiger partial charge in [0.25, 0.3) is 0 Å². The van der Waals surface area contributed by atoms with Gasteiger partial charge >= 0.3 is 0 Å². The molecule has 0 bridgehead atoms. The monoisotopic (exact) mass is 216 g/mol. The first-order valence-corrected chi connectivity index (χ1v) is 6.37. The maximum absolute atomic E-state index is 2.65. The van der Waals surface area contributed by atoms with Gasteiger partial charge in [-0.2, -0.15) is 0 Å². The molecular weight excluding hydrogens is 196 g/mol. The highest BCUT2D eigenvalue weighted by atomic mass is 15.4. The second-order valence-corrected chi connectivity index (χ2v) is 5.30. The van der Waals surface area contributed by atoms with Crippen molar-refractivity contribution in [2.75, 3.05) is 24.7 Å². The van der Waals surface area contributed by atoms with Crippen molar-refractivity contribution in [2.24, 2.45) is 5.92 Å². The number of anilines is 1. The molecule has 16 heavy (non-hydrogen) atoms. The Labute approximate surface area is 97.9 Å². The lowest BCUT2D eigenvalue weighted by molar-refractivity contribution is 0.166.